The standard InChI is InChI=1S/C19H21N3O2S/c23-22(24)13-4-5-18-11(8-13)6-7-21(18)19(25)20-17-10-12-9-16(17)15-3-1-2-14(12)15/h1,3-5,8,12,14-17H,2,6-7,9-10H2,(H,20,25)/t12-,14-,15+,16+,17-/m0/s1. The maximum absolute atomic E-state index is 11.0. The number of nitrogens with zero attached hydrogens (tertiary/aromatic N) is 2. The van der Waals surface area contributed by atoms with Crippen molar-refractivity contribution in [2.24, 2.45) is 23.7 Å². The van der Waals surface area contributed by atoms with Crippen molar-refractivity contribution >= 4 is 28.7 Å². The first-order valence-electron chi connectivity index (χ1n) is 9.14. The first-order valence-corrected chi connectivity index (χ1v) is 9.54. The lowest BCUT2D eigenvalue weighted by Crippen LogP contribution is -2.48. The second-order valence-electron chi connectivity index (χ2n) is 7.83. The summed E-state index contributed by atoms with van der Waals surface area (Å²) in [4.78, 5) is 12.7. The first kappa shape index (κ1) is 15.3. The van der Waals surface area contributed by atoms with Crippen molar-refractivity contribution in [3.05, 3.63) is 46.0 Å². The molecule has 0 spiro atoms. The highest BCUT2D eigenvalue weighted by Gasteiger charge is 2.52. The number of non-ortho nitro benzene ring substituents is 1. The molecule has 25 heavy (non-hydrogen) atoms. The summed E-state index contributed by atoms with van der Waals surface area (Å²) in [7, 11) is 0. The fourth-order valence-electron chi connectivity index (χ4n) is 5.66. The largest absolute Gasteiger partial charge is 0.359 e. The third-order valence-electron chi connectivity index (χ3n) is 6.73. The molecule has 1 N–H and O–H groups in total. The summed E-state index contributed by atoms with van der Waals surface area (Å²) in [6.45, 7) is 0.801. The van der Waals surface area contributed by atoms with Crippen molar-refractivity contribution in [1.82, 2.24) is 5.32 Å². The van der Waals surface area contributed by atoms with E-state index in [1.165, 1.54) is 19.3 Å². The summed E-state index contributed by atoms with van der Waals surface area (Å²) < 4.78 is 0. The van der Waals surface area contributed by atoms with E-state index in [0.717, 1.165) is 47.1 Å². The van der Waals surface area contributed by atoms with E-state index < -0.39 is 0 Å². The molecule has 1 aromatic carbocycles. The van der Waals surface area contributed by atoms with Crippen LogP contribution in [0.1, 0.15) is 24.8 Å². The third kappa shape index (κ3) is 2.30. The zero-order valence-corrected chi connectivity index (χ0v) is 14.7. The van der Waals surface area contributed by atoms with Crippen LogP contribution in [0.2, 0.25) is 0 Å². The maximum atomic E-state index is 11.0. The number of nitrogens with one attached hydrogen (secondary N) is 1. The number of hydrogen-bond acceptors (Lipinski definition) is 3. The van der Waals surface area contributed by atoms with Crippen molar-refractivity contribution in [2.75, 3.05) is 11.4 Å². The van der Waals surface area contributed by atoms with Crippen LogP contribution in [0.25, 0.3) is 0 Å². The molecule has 1 heterocycles. The van der Waals surface area contributed by atoms with Crippen LogP contribution in [-0.2, 0) is 6.42 Å². The first-order chi connectivity index (χ1) is 12.1. The molecule has 0 unspecified atom stereocenters. The Kier molecular flexibility index (Phi) is 3.39. The number of fused-ring (bicyclic) bond motifs is 6. The number of nitro benzene ring substituents is 1. The van der Waals surface area contributed by atoms with Gasteiger partial charge in [-0.1, -0.05) is 12.2 Å². The Hall–Kier alpha value is -1.95. The Morgan fingerprint density at radius 1 is 1.32 bits per heavy atom. The predicted octanol–water partition coefficient (Wildman–Crippen LogP) is 3.43. The van der Waals surface area contributed by atoms with Crippen LogP contribution in [0.5, 0.6) is 0 Å². The average Bonchev–Trinajstić information content (AvgIpc) is 3.34. The molecule has 6 heteroatoms. The van der Waals surface area contributed by atoms with Gasteiger partial charge in [-0.15, -0.1) is 0 Å². The molecule has 0 radical (unpaired) electrons. The minimum atomic E-state index is -0.333. The molecule has 1 aliphatic heterocycles. The zero-order valence-electron chi connectivity index (χ0n) is 13.9. The van der Waals surface area contributed by atoms with Gasteiger partial charge in [0, 0.05) is 30.4 Å². The van der Waals surface area contributed by atoms with Crippen molar-refractivity contribution in [3.8, 4) is 0 Å². The van der Waals surface area contributed by atoms with E-state index in [1.54, 1.807) is 12.1 Å². The van der Waals surface area contributed by atoms with Gasteiger partial charge in [0.15, 0.2) is 5.11 Å². The maximum Gasteiger partial charge on any atom is 0.269 e. The van der Waals surface area contributed by atoms with E-state index in [-0.39, 0.29) is 10.6 Å². The molecule has 3 aliphatic carbocycles. The summed E-state index contributed by atoms with van der Waals surface area (Å²) in [5, 5.41) is 15.4. The topological polar surface area (TPSA) is 58.4 Å². The van der Waals surface area contributed by atoms with Crippen molar-refractivity contribution in [3.63, 3.8) is 0 Å². The van der Waals surface area contributed by atoms with Gasteiger partial charge in [-0.3, -0.25) is 10.1 Å². The molecule has 5 atom stereocenters. The highest BCUT2D eigenvalue weighted by atomic mass is 32.1. The number of rotatable bonds is 2. The summed E-state index contributed by atoms with van der Waals surface area (Å²) in [6.07, 6.45) is 9.43. The van der Waals surface area contributed by atoms with Gasteiger partial charge in [0.1, 0.15) is 0 Å². The van der Waals surface area contributed by atoms with Gasteiger partial charge in [0.05, 0.1) is 4.92 Å². The Morgan fingerprint density at radius 2 is 2.20 bits per heavy atom. The molecule has 0 saturated heterocycles. The molecule has 5 rings (SSSR count). The van der Waals surface area contributed by atoms with Crippen LogP contribution in [0.15, 0.2) is 30.4 Å². The van der Waals surface area contributed by atoms with Crippen LogP contribution in [0, 0.1) is 33.8 Å². The molecule has 2 fully saturated rings. The van der Waals surface area contributed by atoms with Gasteiger partial charge >= 0.3 is 0 Å². The second kappa shape index (κ2) is 5.53. The molecule has 2 bridgehead atoms. The van der Waals surface area contributed by atoms with Crippen molar-refractivity contribution in [1.29, 1.82) is 0 Å². The molecular formula is C19H21N3O2S. The Bertz CT molecular complexity index is 793. The Labute approximate surface area is 152 Å². The van der Waals surface area contributed by atoms with Crippen molar-refractivity contribution in [2.45, 2.75) is 31.7 Å². The van der Waals surface area contributed by atoms with E-state index >= 15 is 0 Å². The summed E-state index contributed by atoms with van der Waals surface area (Å²) >= 11 is 5.71. The molecule has 5 nitrogen and oxygen atoms in total. The minimum absolute atomic E-state index is 0.159. The van der Waals surface area contributed by atoms with E-state index in [0.29, 0.717) is 12.0 Å². The van der Waals surface area contributed by atoms with Gasteiger partial charge in [0.2, 0.25) is 0 Å². The second-order valence-corrected chi connectivity index (χ2v) is 8.21. The lowest BCUT2D eigenvalue weighted by molar-refractivity contribution is -0.384. The number of hydrogen-bond donors (Lipinski definition) is 1. The number of benzene rings is 1. The number of thiocarbonyl (C=S) groups is 1. The average molecular weight is 355 g/mol. The van der Waals surface area contributed by atoms with Crippen LogP contribution < -0.4 is 10.2 Å². The molecule has 1 aromatic rings. The SMILES string of the molecule is O=[N+]([O-])c1ccc2c(c1)CCN2C(=S)N[C@H]1C[C@@H]2C[C@@H]1[C@@H]1C=CC[C@@H]21. The van der Waals surface area contributed by atoms with Gasteiger partial charge in [-0.05, 0) is 73.2 Å². The fraction of sp³-hybridized carbons (Fsp3) is 0.526. The summed E-state index contributed by atoms with van der Waals surface area (Å²) in [5.74, 6) is 3.18. The zero-order chi connectivity index (χ0) is 17.1. The summed E-state index contributed by atoms with van der Waals surface area (Å²) in [5.41, 5.74) is 2.20. The van der Waals surface area contributed by atoms with Crippen LogP contribution in [0.3, 0.4) is 0 Å². The normalized spacial score (nSPS) is 34.2. The third-order valence-corrected chi connectivity index (χ3v) is 7.07. The van der Waals surface area contributed by atoms with Crippen LogP contribution in [0.4, 0.5) is 11.4 Å². The van der Waals surface area contributed by atoms with Crippen LogP contribution >= 0.6 is 12.2 Å². The quantitative estimate of drug-likeness (QED) is 0.381. The molecular weight excluding hydrogens is 334 g/mol. The highest BCUT2D eigenvalue weighted by molar-refractivity contribution is 7.80. The van der Waals surface area contributed by atoms with Gasteiger partial charge < -0.3 is 10.2 Å². The highest BCUT2D eigenvalue weighted by Crippen LogP contribution is 2.56. The van der Waals surface area contributed by atoms with Crippen LogP contribution in [-0.4, -0.2) is 22.6 Å². The molecule has 0 aromatic heterocycles. The van der Waals surface area contributed by atoms with Gasteiger partial charge in [0.25, 0.3) is 5.69 Å². The number of anilines is 1. The molecule has 4 aliphatic rings. The molecule has 2 saturated carbocycles. The Morgan fingerprint density at radius 3 is 3.04 bits per heavy atom. The van der Waals surface area contributed by atoms with Gasteiger partial charge in [-0.2, -0.15) is 0 Å². The van der Waals surface area contributed by atoms with E-state index in [2.05, 4.69) is 22.4 Å². The van der Waals surface area contributed by atoms with E-state index in [1.807, 2.05) is 6.07 Å². The lowest BCUT2D eigenvalue weighted by atomic mass is 9.79. The van der Waals surface area contributed by atoms with Crippen molar-refractivity contribution < 1.29 is 4.92 Å². The number of nitro groups is 1. The fourth-order valence-corrected chi connectivity index (χ4v) is 6.00. The molecule has 0 amide bonds. The minimum Gasteiger partial charge on any atom is -0.359 e. The number of allylic oxidation sites excluding steroid dienone is 2. The lowest BCUT2D eigenvalue weighted by Gasteiger charge is -2.34. The van der Waals surface area contributed by atoms with Gasteiger partial charge in [-0.25, -0.2) is 0 Å². The smallest absolute Gasteiger partial charge is 0.269 e. The summed E-state index contributed by atoms with van der Waals surface area (Å²) in [6, 6.07) is 5.57. The van der Waals surface area contributed by atoms with E-state index in [4.69, 9.17) is 12.2 Å². The molecule has 130 valence electrons. The van der Waals surface area contributed by atoms with E-state index in [9.17, 15) is 10.1 Å². The monoisotopic (exact) mass is 355 g/mol. The predicted molar refractivity (Wildman–Crippen MR) is 101 cm³/mol. The Balaban J connectivity index is 1.31.